The lowest BCUT2D eigenvalue weighted by Crippen LogP contribution is -2.23. The number of aryl methyl sites for hydroxylation is 2. The van der Waals surface area contributed by atoms with Gasteiger partial charge < -0.3 is 18.9 Å². The highest BCUT2D eigenvalue weighted by Crippen LogP contribution is 2.34. The molecule has 0 saturated carbocycles. The molecule has 4 rings (SSSR count). The zero-order valence-electron chi connectivity index (χ0n) is 27.5. The maximum atomic E-state index is 10.6. The third kappa shape index (κ3) is 10.6. The van der Waals surface area contributed by atoms with Crippen LogP contribution in [0.25, 0.3) is 0 Å². The van der Waals surface area contributed by atoms with E-state index in [1.165, 1.54) is 26.4 Å². The van der Waals surface area contributed by atoms with Gasteiger partial charge >= 0.3 is 0 Å². The van der Waals surface area contributed by atoms with Gasteiger partial charge in [0.1, 0.15) is 32.8 Å². The molecule has 0 bridgehead atoms. The summed E-state index contributed by atoms with van der Waals surface area (Å²) in [4.78, 5) is 5.79. The van der Waals surface area contributed by atoms with Gasteiger partial charge in [0, 0.05) is 19.8 Å². The Bertz CT molecular complexity index is 1560. The summed E-state index contributed by atoms with van der Waals surface area (Å²) < 4.78 is 43.9. The van der Waals surface area contributed by atoms with Crippen LogP contribution in [0.3, 0.4) is 0 Å². The van der Waals surface area contributed by atoms with Crippen molar-refractivity contribution in [2.24, 2.45) is 0 Å². The molecule has 0 atom stereocenters. The minimum absolute atomic E-state index is 0.131. The molecule has 0 aliphatic heterocycles. The zero-order chi connectivity index (χ0) is 32.9. The highest BCUT2D eigenvalue weighted by atomic mass is 32.2. The maximum absolute atomic E-state index is 10.6. The van der Waals surface area contributed by atoms with Crippen LogP contribution >= 0.6 is 0 Å². The predicted molar refractivity (Wildman–Crippen MR) is 180 cm³/mol. The number of nitrogens with zero attached hydrogens (tertiary/aromatic N) is 1. The second-order valence-corrected chi connectivity index (χ2v) is 16.2. The lowest BCUT2D eigenvalue weighted by atomic mass is 10.2. The highest BCUT2D eigenvalue weighted by Gasteiger charge is 2.29. The van der Waals surface area contributed by atoms with E-state index in [-0.39, 0.29) is 27.0 Å². The Morgan fingerprint density at radius 3 is 1.34 bits per heavy atom. The second kappa shape index (κ2) is 14.1. The van der Waals surface area contributed by atoms with Gasteiger partial charge in [-0.1, -0.05) is 17.7 Å². The summed E-state index contributed by atoms with van der Waals surface area (Å²) in [7, 11) is -0.397. The van der Waals surface area contributed by atoms with Gasteiger partial charge in [0.15, 0.2) is 14.7 Å². The SMILES string of the molecule is CN(C)c1ccc([S+](c2ccc(OC(C)(C)C)cc2)c2ccc(OC(C)(C)C)cc2)cc1.Cc1ccc(S(=O)(=O)[O-])c(C)c1. The van der Waals surface area contributed by atoms with Crippen molar-refractivity contribution in [2.45, 2.75) is 86.2 Å². The number of hydrogen-bond acceptors (Lipinski definition) is 6. The predicted octanol–water partition coefficient (Wildman–Crippen LogP) is 8.41. The van der Waals surface area contributed by atoms with Crippen LogP contribution in [-0.4, -0.2) is 38.3 Å². The number of rotatable bonds is 7. The second-order valence-electron chi connectivity index (χ2n) is 12.8. The van der Waals surface area contributed by atoms with Crippen molar-refractivity contribution in [3.63, 3.8) is 0 Å². The summed E-state index contributed by atoms with van der Waals surface area (Å²) in [6.45, 7) is 15.9. The summed E-state index contributed by atoms with van der Waals surface area (Å²) in [6, 6.07) is 30.5. The average molecular weight is 636 g/mol. The molecule has 44 heavy (non-hydrogen) atoms. The summed E-state index contributed by atoms with van der Waals surface area (Å²) >= 11 is 0. The molecule has 236 valence electrons. The Morgan fingerprint density at radius 1 is 0.636 bits per heavy atom. The van der Waals surface area contributed by atoms with Crippen molar-refractivity contribution in [3.8, 4) is 11.5 Å². The minimum atomic E-state index is -4.30. The first kappa shape index (κ1) is 35.0. The fourth-order valence-corrected chi connectivity index (χ4v) is 7.09. The van der Waals surface area contributed by atoms with Crippen molar-refractivity contribution in [3.05, 3.63) is 102 Å². The highest BCUT2D eigenvalue weighted by molar-refractivity contribution is 7.97. The van der Waals surface area contributed by atoms with Crippen molar-refractivity contribution in [2.75, 3.05) is 19.0 Å². The first-order valence-electron chi connectivity index (χ1n) is 14.5. The quantitative estimate of drug-likeness (QED) is 0.150. The van der Waals surface area contributed by atoms with Crippen LogP contribution in [0.1, 0.15) is 52.7 Å². The molecule has 0 heterocycles. The Labute approximate surface area is 267 Å². The topological polar surface area (TPSA) is 78.9 Å². The lowest BCUT2D eigenvalue weighted by Gasteiger charge is -2.21. The molecule has 0 N–H and O–H groups in total. The molecule has 0 spiro atoms. The fourth-order valence-electron chi connectivity index (χ4n) is 4.36. The normalized spacial score (nSPS) is 11.9. The van der Waals surface area contributed by atoms with Gasteiger partial charge in [-0.05, 0) is 140 Å². The third-order valence-electron chi connectivity index (χ3n) is 6.16. The standard InChI is InChI=1S/C28H36NO2S.C8H10O3S/c1-27(2,3)30-22-11-17-25(18-12-22)32(24-15-9-21(10-16-24)29(7)8)26-19-13-23(14-20-26)31-28(4,5)6;1-6-3-4-8(7(2)5-6)12(9,10)11/h9-20H,1-8H3;3-5H,1-2H3,(H,9,10,11)/q+1;/p-1. The molecule has 4 aromatic carbocycles. The summed E-state index contributed by atoms with van der Waals surface area (Å²) in [5, 5.41) is 0. The van der Waals surface area contributed by atoms with Crippen molar-refractivity contribution < 1.29 is 22.4 Å². The van der Waals surface area contributed by atoms with Crippen LogP contribution in [0.2, 0.25) is 0 Å². The molecular weight excluding hydrogens is 591 g/mol. The largest absolute Gasteiger partial charge is 0.744 e. The van der Waals surface area contributed by atoms with Crippen LogP contribution in [0, 0.1) is 13.8 Å². The molecular formula is C36H45NO5S2. The van der Waals surface area contributed by atoms with Gasteiger partial charge in [-0.2, -0.15) is 0 Å². The van der Waals surface area contributed by atoms with E-state index in [9.17, 15) is 13.0 Å². The van der Waals surface area contributed by atoms with Gasteiger partial charge in [0.05, 0.1) is 15.8 Å². The van der Waals surface area contributed by atoms with Gasteiger partial charge in [-0.3, -0.25) is 0 Å². The molecule has 6 nitrogen and oxygen atoms in total. The van der Waals surface area contributed by atoms with Gasteiger partial charge in [0.25, 0.3) is 0 Å². The van der Waals surface area contributed by atoms with Gasteiger partial charge in [0.2, 0.25) is 0 Å². The van der Waals surface area contributed by atoms with Crippen molar-refractivity contribution >= 4 is 26.7 Å². The van der Waals surface area contributed by atoms with E-state index in [1.807, 2.05) is 6.92 Å². The number of anilines is 1. The summed E-state index contributed by atoms with van der Waals surface area (Å²) in [6.07, 6.45) is 0. The van der Waals surface area contributed by atoms with Crippen molar-refractivity contribution in [1.29, 1.82) is 0 Å². The molecule has 0 amide bonds. The van der Waals surface area contributed by atoms with Crippen LogP contribution in [-0.2, 0) is 21.0 Å². The monoisotopic (exact) mass is 635 g/mol. The number of hydrogen-bond donors (Lipinski definition) is 0. The van der Waals surface area contributed by atoms with E-state index in [2.05, 4.69) is 133 Å². The minimum Gasteiger partial charge on any atom is -0.744 e. The molecule has 0 radical (unpaired) electrons. The van der Waals surface area contributed by atoms with E-state index in [4.69, 9.17) is 9.47 Å². The van der Waals surface area contributed by atoms with Crippen LogP contribution in [0.5, 0.6) is 11.5 Å². The molecule has 4 aromatic rings. The molecule has 8 heteroatoms. The molecule has 0 saturated heterocycles. The number of ether oxygens (including phenoxy) is 2. The zero-order valence-corrected chi connectivity index (χ0v) is 29.1. The van der Waals surface area contributed by atoms with E-state index < -0.39 is 10.1 Å². The van der Waals surface area contributed by atoms with E-state index in [1.54, 1.807) is 19.1 Å². The third-order valence-corrected chi connectivity index (χ3v) is 9.38. The molecule has 0 unspecified atom stereocenters. The summed E-state index contributed by atoms with van der Waals surface area (Å²) in [5.41, 5.74) is 2.22. The average Bonchev–Trinajstić information content (AvgIpc) is 2.89. The first-order valence-corrected chi connectivity index (χ1v) is 17.1. The van der Waals surface area contributed by atoms with E-state index in [0.717, 1.165) is 17.1 Å². The van der Waals surface area contributed by atoms with Crippen LogP contribution in [0.15, 0.2) is 111 Å². The lowest BCUT2D eigenvalue weighted by molar-refractivity contribution is 0.130. The molecule has 0 fully saturated rings. The van der Waals surface area contributed by atoms with Gasteiger partial charge in [-0.15, -0.1) is 0 Å². The van der Waals surface area contributed by atoms with E-state index >= 15 is 0 Å². The Hall–Kier alpha value is -3.46. The molecule has 0 aromatic heterocycles. The van der Waals surface area contributed by atoms with E-state index in [0.29, 0.717) is 5.56 Å². The summed E-state index contributed by atoms with van der Waals surface area (Å²) in [5.74, 6) is 1.78. The smallest absolute Gasteiger partial charge is 0.166 e. The van der Waals surface area contributed by atoms with Crippen LogP contribution in [0.4, 0.5) is 5.69 Å². The Kier molecular flexibility index (Phi) is 11.2. The molecule has 0 aliphatic rings. The Morgan fingerprint density at radius 2 is 1.02 bits per heavy atom. The van der Waals surface area contributed by atoms with Crippen molar-refractivity contribution in [1.82, 2.24) is 0 Å². The first-order chi connectivity index (χ1) is 20.3. The maximum Gasteiger partial charge on any atom is 0.166 e. The van der Waals surface area contributed by atoms with Crippen LogP contribution < -0.4 is 14.4 Å². The van der Waals surface area contributed by atoms with Gasteiger partial charge in [-0.25, -0.2) is 8.42 Å². The Balaban J connectivity index is 0.000000369. The number of benzene rings is 4. The molecule has 0 aliphatic carbocycles. The fraction of sp³-hybridized carbons (Fsp3) is 0.333.